The molecular formula is C13H14N4O. The molecule has 0 saturated heterocycles. The summed E-state index contributed by atoms with van der Waals surface area (Å²) in [6, 6.07) is 1.99. The van der Waals surface area contributed by atoms with Gasteiger partial charge in [0.25, 0.3) is 0 Å². The maximum absolute atomic E-state index is 10.7. The standard InChI is InChI=1S/C13H14N4O/c18-13(4-1-2-5-13)17-8-16-10-7-15-12-9(11(10)17)3-6-14-12/h3,6-8,18H,1-2,4-5H2,(H,14,15). The molecule has 0 bridgehead atoms. The largest absolute Gasteiger partial charge is 0.370 e. The zero-order valence-corrected chi connectivity index (χ0v) is 9.93. The number of aliphatic hydroxyl groups is 1. The van der Waals surface area contributed by atoms with E-state index in [1.54, 1.807) is 12.5 Å². The van der Waals surface area contributed by atoms with Crippen molar-refractivity contribution in [3.05, 3.63) is 24.8 Å². The van der Waals surface area contributed by atoms with Gasteiger partial charge in [0.1, 0.15) is 16.9 Å². The van der Waals surface area contributed by atoms with Crippen LogP contribution in [0.2, 0.25) is 0 Å². The van der Waals surface area contributed by atoms with Crippen LogP contribution in [0.25, 0.3) is 22.1 Å². The lowest BCUT2D eigenvalue weighted by atomic mass is 10.1. The van der Waals surface area contributed by atoms with Crippen molar-refractivity contribution < 1.29 is 5.11 Å². The second kappa shape index (κ2) is 3.32. The first-order valence-electron chi connectivity index (χ1n) is 6.30. The minimum atomic E-state index is -0.777. The van der Waals surface area contributed by atoms with Crippen molar-refractivity contribution in [1.82, 2.24) is 19.5 Å². The number of aromatic amines is 1. The number of aromatic nitrogens is 4. The summed E-state index contributed by atoms with van der Waals surface area (Å²) in [7, 11) is 0. The second-order valence-electron chi connectivity index (χ2n) is 5.04. The highest BCUT2D eigenvalue weighted by atomic mass is 16.3. The van der Waals surface area contributed by atoms with E-state index in [1.165, 1.54) is 0 Å². The van der Waals surface area contributed by atoms with Crippen molar-refractivity contribution in [2.75, 3.05) is 0 Å². The predicted molar refractivity (Wildman–Crippen MR) is 68.0 cm³/mol. The van der Waals surface area contributed by atoms with Crippen molar-refractivity contribution >= 4 is 22.1 Å². The molecule has 1 saturated carbocycles. The van der Waals surface area contributed by atoms with Gasteiger partial charge < -0.3 is 14.7 Å². The lowest BCUT2D eigenvalue weighted by Gasteiger charge is -2.24. The molecular weight excluding hydrogens is 228 g/mol. The molecule has 5 nitrogen and oxygen atoms in total. The first-order chi connectivity index (χ1) is 8.78. The molecule has 0 atom stereocenters. The summed E-state index contributed by atoms with van der Waals surface area (Å²) in [6.45, 7) is 0. The number of fused-ring (bicyclic) bond motifs is 3. The molecule has 3 aromatic heterocycles. The molecule has 5 heteroatoms. The van der Waals surface area contributed by atoms with Crippen LogP contribution in [-0.2, 0) is 5.72 Å². The van der Waals surface area contributed by atoms with Crippen molar-refractivity contribution in [3.8, 4) is 0 Å². The van der Waals surface area contributed by atoms with Crippen LogP contribution in [0.4, 0.5) is 0 Å². The van der Waals surface area contributed by atoms with Gasteiger partial charge >= 0.3 is 0 Å². The SMILES string of the molecule is OC1(n2cnc3cnc4[nH]ccc4c32)CCCC1. The van der Waals surface area contributed by atoms with E-state index in [1.807, 2.05) is 16.8 Å². The van der Waals surface area contributed by atoms with E-state index >= 15 is 0 Å². The molecule has 18 heavy (non-hydrogen) atoms. The predicted octanol–water partition coefficient (Wildman–Crippen LogP) is 2.13. The van der Waals surface area contributed by atoms with Crippen LogP contribution in [0.15, 0.2) is 24.8 Å². The van der Waals surface area contributed by atoms with E-state index in [4.69, 9.17) is 0 Å². The summed E-state index contributed by atoms with van der Waals surface area (Å²) in [4.78, 5) is 11.8. The monoisotopic (exact) mass is 242 g/mol. The average molecular weight is 242 g/mol. The van der Waals surface area contributed by atoms with Crippen molar-refractivity contribution in [2.24, 2.45) is 0 Å². The molecule has 1 aliphatic rings. The molecule has 0 aliphatic heterocycles. The van der Waals surface area contributed by atoms with Gasteiger partial charge in [-0.1, -0.05) is 0 Å². The highest BCUT2D eigenvalue weighted by molar-refractivity contribution is 6.01. The third-order valence-electron chi connectivity index (χ3n) is 3.94. The molecule has 0 radical (unpaired) electrons. The van der Waals surface area contributed by atoms with Gasteiger partial charge in [-0.15, -0.1) is 0 Å². The number of pyridine rings is 1. The Morgan fingerprint density at radius 1 is 1.28 bits per heavy atom. The Bertz CT molecular complexity index is 721. The molecule has 2 N–H and O–H groups in total. The smallest absolute Gasteiger partial charge is 0.143 e. The van der Waals surface area contributed by atoms with Gasteiger partial charge in [0.05, 0.1) is 18.0 Å². The molecule has 4 rings (SSSR count). The fourth-order valence-corrected chi connectivity index (χ4v) is 3.01. The number of hydrogen-bond donors (Lipinski definition) is 2. The minimum absolute atomic E-state index is 0.777. The van der Waals surface area contributed by atoms with E-state index in [-0.39, 0.29) is 0 Å². The average Bonchev–Trinajstić information content (AvgIpc) is 3.05. The van der Waals surface area contributed by atoms with E-state index < -0.39 is 5.72 Å². The summed E-state index contributed by atoms with van der Waals surface area (Å²) in [5.74, 6) is 0. The van der Waals surface area contributed by atoms with Gasteiger partial charge in [-0.3, -0.25) is 0 Å². The fourth-order valence-electron chi connectivity index (χ4n) is 3.01. The number of nitrogens with one attached hydrogen (secondary N) is 1. The fraction of sp³-hybridized carbons (Fsp3) is 0.385. The maximum atomic E-state index is 10.7. The molecule has 1 aliphatic carbocycles. The van der Waals surface area contributed by atoms with E-state index in [9.17, 15) is 5.11 Å². The van der Waals surface area contributed by atoms with E-state index in [2.05, 4.69) is 15.0 Å². The highest BCUT2D eigenvalue weighted by Gasteiger charge is 2.34. The Balaban J connectivity index is 2.08. The van der Waals surface area contributed by atoms with Gasteiger partial charge in [-0.05, 0) is 31.7 Å². The third kappa shape index (κ3) is 1.19. The van der Waals surface area contributed by atoms with Crippen LogP contribution < -0.4 is 0 Å². The lowest BCUT2D eigenvalue weighted by Crippen LogP contribution is -2.28. The van der Waals surface area contributed by atoms with Crippen LogP contribution in [0, 0.1) is 0 Å². The van der Waals surface area contributed by atoms with Gasteiger partial charge in [-0.25, -0.2) is 9.97 Å². The van der Waals surface area contributed by atoms with Crippen LogP contribution >= 0.6 is 0 Å². The Kier molecular flexibility index (Phi) is 1.86. The molecule has 0 aromatic carbocycles. The number of H-pyrrole nitrogens is 1. The normalized spacial score (nSPS) is 18.9. The summed E-state index contributed by atoms with van der Waals surface area (Å²) < 4.78 is 1.92. The Hall–Kier alpha value is -1.88. The maximum Gasteiger partial charge on any atom is 0.143 e. The van der Waals surface area contributed by atoms with Gasteiger partial charge in [-0.2, -0.15) is 0 Å². The molecule has 0 amide bonds. The molecule has 0 unspecified atom stereocenters. The summed E-state index contributed by atoms with van der Waals surface area (Å²) in [5.41, 5.74) is 1.87. The summed E-state index contributed by atoms with van der Waals surface area (Å²) in [5, 5.41) is 11.8. The van der Waals surface area contributed by atoms with Crippen LogP contribution in [-0.4, -0.2) is 24.6 Å². The van der Waals surface area contributed by atoms with Crippen LogP contribution in [0.1, 0.15) is 25.7 Å². The lowest BCUT2D eigenvalue weighted by molar-refractivity contribution is -0.0265. The minimum Gasteiger partial charge on any atom is -0.370 e. The molecule has 3 aromatic rings. The number of nitrogens with zero attached hydrogens (tertiary/aromatic N) is 3. The zero-order valence-electron chi connectivity index (χ0n) is 9.93. The molecule has 0 spiro atoms. The van der Waals surface area contributed by atoms with E-state index in [0.29, 0.717) is 0 Å². The topological polar surface area (TPSA) is 66.7 Å². The Morgan fingerprint density at radius 3 is 2.94 bits per heavy atom. The van der Waals surface area contributed by atoms with Crippen molar-refractivity contribution in [1.29, 1.82) is 0 Å². The third-order valence-corrected chi connectivity index (χ3v) is 3.94. The summed E-state index contributed by atoms with van der Waals surface area (Å²) >= 11 is 0. The summed E-state index contributed by atoms with van der Waals surface area (Å²) in [6.07, 6.45) is 9.09. The number of hydrogen-bond acceptors (Lipinski definition) is 3. The van der Waals surface area contributed by atoms with Crippen molar-refractivity contribution in [2.45, 2.75) is 31.4 Å². The quantitative estimate of drug-likeness (QED) is 0.687. The number of imidazole rings is 1. The van der Waals surface area contributed by atoms with Crippen molar-refractivity contribution in [3.63, 3.8) is 0 Å². The Labute approximate surface area is 103 Å². The first kappa shape index (κ1) is 10.1. The van der Waals surface area contributed by atoms with Crippen LogP contribution in [0.5, 0.6) is 0 Å². The van der Waals surface area contributed by atoms with Gasteiger partial charge in [0.2, 0.25) is 0 Å². The number of rotatable bonds is 1. The molecule has 3 heterocycles. The van der Waals surface area contributed by atoms with Gasteiger partial charge in [0.15, 0.2) is 0 Å². The van der Waals surface area contributed by atoms with E-state index in [0.717, 1.165) is 47.8 Å². The second-order valence-corrected chi connectivity index (χ2v) is 5.04. The molecule has 92 valence electrons. The van der Waals surface area contributed by atoms with Gasteiger partial charge in [0, 0.05) is 11.6 Å². The van der Waals surface area contributed by atoms with Crippen LogP contribution in [0.3, 0.4) is 0 Å². The molecule has 1 fully saturated rings. The zero-order chi connectivity index (χ0) is 12.2. The highest BCUT2D eigenvalue weighted by Crippen LogP contribution is 2.37. The first-order valence-corrected chi connectivity index (χ1v) is 6.30. The Morgan fingerprint density at radius 2 is 2.11 bits per heavy atom.